The molecule has 3 aromatic carbocycles. The van der Waals surface area contributed by atoms with Crippen LogP contribution in [-0.4, -0.2) is 50.5 Å². The zero-order valence-corrected chi connectivity index (χ0v) is 21.9. The van der Waals surface area contributed by atoms with E-state index in [1.165, 1.54) is 35.7 Å². The largest absolute Gasteiger partial charge is 0.505 e. The maximum atomic E-state index is 12.7. The van der Waals surface area contributed by atoms with Crippen LogP contribution >= 0.6 is 0 Å². The van der Waals surface area contributed by atoms with Crippen LogP contribution in [0.2, 0.25) is 0 Å². The average Bonchev–Trinajstić information content (AvgIpc) is 3.16. The Kier molecular flexibility index (Phi) is 7.87. The summed E-state index contributed by atoms with van der Waals surface area (Å²) >= 11 is 0. The lowest BCUT2D eigenvalue weighted by molar-refractivity contribution is 0.0824. The number of amides is 1. The van der Waals surface area contributed by atoms with Crippen molar-refractivity contribution in [2.24, 2.45) is 4.99 Å². The predicted molar refractivity (Wildman–Crippen MR) is 150 cm³/mol. The average molecular weight is 524 g/mol. The van der Waals surface area contributed by atoms with Crippen LogP contribution in [0.3, 0.4) is 0 Å². The number of nitrogens with zero attached hydrogens (tertiary/aromatic N) is 4. The number of aromatic hydroxyl groups is 3. The molecule has 0 bridgehead atoms. The van der Waals surface area contributed by atoms with E-state index in [1.807, 2.05) is 73.7 Å². The summed E-state index contributed by atoms with van der Waals surface area (Å²) in [5, 5.41) is 46.1. The Morgan fingerprint density at radius 2 is 1.64 bits per heavy atom. The Labute approximate surface area is 226 Å². The van der Waals surface area contributed by atoms with E-state index in [2.05, 4.69) is 5.32 Å². The third kappa shape index (κ3) is 5.55. The topological polar surface area (TPSA) is 134 Å². The van der Waals surface area contributed by atoms with Gasteiger partial charge in [-0.1, -0.05) is 67.6 Å². The number of phenolic OH excluding ortho intramolecular Hbond substituents is 1. The first-order valence-electron chi connectivity index (χ1n) is 12.3. The van der Waals surface area contributed by atoms with Gasteiger partial charge in [-0.15, -0.1) is 0 Å². The number of benzene rings is 3. The summed E-state index contributed by atoms with van der Waals surface area (Å²) in [6, 6.07) is 23.4. The molecule has 0 atom stereocenters. The van der Waals surface area contributed by atoms with Crippen LogP contribution in [0.4, 0.5) is 17.1 Å². The summed E-state index contributed by atoms with van der Waals surface area (Å²) in [5.74, 6) is -1.53. The molecule has 0 aliphatic carbocycles. The van der Waals surface area contributed by atoms with Gasteiger partial charge in [0.05, 0.1) is 29.4 Å². The van der Waals surface area contributed by atoms with E-state index >= 15 is 0 Å². The van der Waals surface area contributed by atoms with Crippen LogP contribution in [0.25, 0.3) is 0 Å². The van der Waals surface area contributed by atoms with Gasteiger partial charge in [0.2, 0.25) is 11.8 Å². The Hall–Kier alpha value is -5.23. The smallest absolute Gasteiger partial charge is 0.257 e. The van der Waals surface area contributed by atoms with Crippen LogP contribution < -0.4 is 5.32 Å². The first-order valence-corrected chi connectivity index (χ1v) is 12.3. The molecule has 0 aliphatic heterocycles. The minimum Gasteiger partial charge on any atom is -0.505 e. The number of phenols is 1. The second-order valence-electron chi connectivity index (χ2n) is 9.08. The summed E-state index contributed by atoms with van der Waals surface area (Å²) in [7, 11) is 3.06. The van der Waals surface area contributed by atoms with E-state index in [1.54, 1.807) is 0 Å². The molecule has 4 N–H and O–H groups in total. The Morgan fingerprint density at radius 1 is 1.00 bits per heavy atom. The monoisotopic (exact) mass is 523 g/mol. The molecule has 0 aliphatic rings. The number of nitriles is 1. The number of nitrogens with one attached hydrogen (secondary N) is 1. The standard InChI is InChI=1S/C30H29N5O4/c1-4-23(21-13-9-6-10-14-21)32-25-26(30(39)35(29(25)38)18-19-11-7-5-8-12-19)33-24-16-20(17-31)15-22(27(24)36)28(37)34(2)3/h5-16,33,36,38-39H,4,18H2,1-3H3. The van der Waals surface area contributed by atoms with Crippen LogP contribution in [0.15, 0.2) is 77.8 Å². The summed E-state index contributed by atoms with van der Waals surface area (Å²) in [6.07, 6.45) is 0.532. The minimum atomic E-state index is -0.503. The highest BCUT2D eigenvalue weighted by Crippen LogP contribution is 2.48. The molecule has 4 aromatic rings. The third-order valence-corrected chi connectivity index (χ3v) is 6.19. The maximum absolute atomic E-state index is 12.7. The number of rotatable bonds is 8. The summed E-state index contributed by atoms with van der Waals surface area (Å²) in [4.78, 5) is 18.7. The zero-order chi connectivity index (χ0) is 28.1. The molecule has 0 saturated carbocycles. The van der Waals surface area contributed by atoms with Gasteiger partial charge in [0.25, 0.3) is 5.91 Å². The van der Waals surface area contributed by atoms with Crippen molar-refractivity contribution in [3.63, 3.8) is 0 Å². The van der Waals surface area contributed by atoms with Gasteiger partial charge < -0.3 is 25.5 Å². The van der Waals surface area contributed by atoms with E-state index < -0.39 is 11.7 Å². The summed E-state index contributed by atoms with van der Waals surface area (Å²) in [6.45, 7) is 2.07. The van der Waals surface area contributed by atoms with Crippen molar-refractivity contribution in [3.8, 4) is 23.6 Å². The van der Waals surface area contributed by atoms with Gasteiger partial charge in [0, 0.05) is 19.8 Å². The minimum absolute atomic E-state index is 0.000575. The van der Waals surface area contributed by atoms with Crippen molar-refractivity contribution in [2.45, 2.75) is 19.9 Å². The van der Waals surface area contributed by atoms with Crippen molar-refractivity contribution >= 4 is 28.7 Å². The van der Waals surface area contributed by atoms with Crippen LogP contribution in [0.5, 0.6) is 17.5 Å². The first-order chi connectivity index (χ1) is 18.7. The van der Waals surface area contributed by atoms with Crippen LogP contribution in [0.1, 0.15) is 40.4 Å². The molecule has 39 heavy (non-hydrogen) atoms. The summed E-state index contributed by atoms with van der Waals surface area (Å²) < 4.78 is 1.30. The van der Waals surface area contributed by atoms with Crippen molar-refractivity contribution in [2.75, 3.05) is 19.4 Å². The lowest BCUT2D eigenvalue weighted by atomic mass is 10.1. The van der Waals surface area contributed by atoms with Gasteiger partial charge in [0.1, 0.15) is 5.69 Å². The van der Waals surface area contributed by atoms with Crippen molar-refractivity contribution in [1.29, 1.82) is 5.26 Å². The van der Waals surface area contributed by atoms with Crippen molar-refractivity contribution < 1.29 is 20.1 Å². The molecule has 0 saturated heterocycles. The van der Waals surface area contributed by atoms with Gasteiger partial charge in [-0.05, 0) is 29.7 Å². The molecule has 198 valence electrons. The van der Waals surface area contributed by atoms with Gasteiger partial charge in [0.15, 0.2) is 11.4 Å². The molecular formula is C30H29N5O4. The number of carbonyl (C=O) groups excluding carboxylic acids is 1. The fraction of sp³-hybridized carbons (Fsp3) is 0.167. The second kappa shape index (κ2) is 11.4. The van der Waals surface area contributed by atoms with E-state index in [-0.39, 0.29) is 46.5 Å². The molecule has 1 amide bonds. The second-order valence-corrected chi connectivity index (χ2v) is 9.08. The van der Waals surface area contributed by atoms with Gasteiger partial charge >= 0.3 is 0 Å². The SMILES string of the molecule is CCC(=Nc1c(Nc2cc(C#N)cc(C(=O)N(C)C)c2O)c(O)n(Cc2ccccc2)c1O)c1ccccc1. The maximum Gasteiger partial charge on any atom is 0.257 e. The first kappa shape index (κ1) is 26.8. The van der Waals surface area contributed by atoms with Crippen LogP contribution in [-0.2, 0) is 6.54 Å². The van der Waals surface area contributed by atoms with Crippen molar-refractivity contribution in [1.82, 2.24) is 9.47 Å². The molecule has 4 rings (SSSR count). The molecule has 0 fully saturated rings. The molecule has 1 heterocycles. The predicted octanol–water partition coefficient (Wildman–Crippen LogP) is 5.50. The van der Waals surface area contributed by atoms with E-state index in [0.717, 1.165) is 11.1 Å². The van der Waals surface area contributed by atoms with Crippen LogP contribution in [0, 0.1) is 11.3 Å². The Morgan fingerprint density at radius 3 is 2.23 bits per heavy atom. The Bertz CT molecular complexity index is 1570. The molecule has 0 radical (unpaired) electrons. The quantitative estimate of drug-likeness (QED) is 0.178. The van der Waals surface area contributed by atoms with Gasteiger partial charge in [-0.2, -0.15) is 5.26 Å². The third-order valence-electron chi connectivity index (χ3n) is 6.19. The molecule has 9 heteroatoms. The number of hydrogen-bond donors (Lipinski definition) is 4. The van der Waals surface area contributed by atoms with E-state index in [9.17, 15) is 25.4 Å². The highest BCUT2D eigenvalue weighted by molar-refractivity contribution is 6.04. The lowest BCUT2D eigenvalue weighted by Crippen LogP contribution is -2.22. The van der Waals surface area contributed by atoms with E-state index in [4.69, 9.17) is 4.99 Å². The van der Waals surface area contributed by atoms with Crippen molar-refractivity contribution in [3.05, 3.63) is 95.1 Å². The molecule has 0 spiro atoms. The van der Waals surface area contributed by atoms with Gasteiger partial charge in [-0.25, -0.2) is 4.99 Å². The van der Waals surface area contributed by atoms with Gasteiger partial charge in [-0.3, -0.25) is 9.36 Å². The molecule has 1 aromatic heterocycles. The highest BCUT2D eigenvalue weighted by atomic mass is 16.3. The van der Waals surface area contributed by atoms with E-state index in [0.29, 0.717) is 12.1 Å². The molecule has 0 unspecified atom stereocenters. The zero-order valence-electron chi connectivity index (χ0n) is 21.9. The summed E-state index contributed by atoms with van der Waals surface area (Å²) in [5.41, 5.74) is 2.42. The normalized spacial score (nSPS) is 11.2. The lowest BCUT2D eigenvalue weighted by Gasteiger charge is -2.15. The highest BCUT2D eigenvalue weighted by Gasteiger charge is 2.26. The number of aromatic nitrogens is 1. The number of anilines is 2. The fourth-order valence-electron chi connectivity index (χ4n) is 4.16. The fourth-order valence-corrected chi connectivity index (χ4v) is 4.16. The number of carbonyl (C=O) groups is 1. The Balaban J connectivity index is 1.91. The molecular weight excluding hydrogens is 494 g/mol. The number of aliphatic imine (C=N–C) groups is 1. The number of hydrogen-bond acceptors (Lipinski definition) is 7. The molecule has 9 nitrogen and oxygen atoms in total.